The molecule has 1 rings (SSSR count). The molecule has 0 radical (unpaired) electrons. The van der Waals surface area contributed by atoms with Crippen LogP contribution < -0.4 is 4.72 Å². The molecule has 0 atom stereocenters. The quantitative estimate of drug-likeness (QED) is 0.737. The maximum atomic E-state index is 11.0. The number of hydrogen-bond donors (Lipinski definition) is 2. The van der Waals surface area contributed by atoms with Crippen LogP contribution in [0.5, 0.6) is 0 Å². The molecule has 0 aromatic rings. The Hall–Kier alpha value is -0.370. The second-order valence-corrected chi connectivity index (χ2v) is 5.93. The molecule has 1 saturated heterocycles. The molecule has 102 valence electrons. The number of hydrogen-bond acceptors (Lipinski definition) is 4. The standard InChI is InChI=1S/C9H18N2O4S.ClH/c1-16(14,15)10-8-2-5-11(6-3-8)7-4-9(12)13;/h8,10H,2-7H2,1H3,(H,12,13);1H. The molecule has 0 spiro atoms. The number of piperidine rings is 1. The zero-order chi connectivity index (χ0) is 12.2. The van der Waals surface area contributed by atoms with Crippen LogP contribution in [0.15, 0.2) is 0 Å². The minimum absolute atomic E-state index is 0. The normalized spacial score (nSPS) is 18.6. The van der Waals surface area contributed by atoms with Gasteiger partial charge in [-0.25, -0.2) is 13.1 Å². The van der Waals surface area contributed by atoms with Gasteiger partial charge in [0, 0.05) is 12.6 Å². The molecule has 2 N–H and O–H groups in total. The summed E-state index contributed by atoms with van der Waals surface area (Å²) in [6.45, 7) is 2.04. The number of rotatable bonds is 5. The monoisotopic (exact) mass is 286 g/mol. The Morgan fingerprint density at radius 1 is 1.41 bits per heavy atom. The smallest absolute Gasteiger partial charge is 0.304 e. The molecule has 0 aliphatic carbocycles. The molecule has 1 aliphatic rings. The summed E-state index contributed by atoms with van der Waals surface area (Å²) in [4.78, 5) is 12.4. The fourth-order valence-electron chi connectivity index (χ4n) is 1.83. The summed E-state index contributed by atoms with van der Waals surface area (Å²) in [7, 11) is -3.13. The van der Waals surface area contributed by atoms with Crippen molar-refractivity contribution in [2.24, 2.45) is 0 Å². The highest BCUT2D eigenvalue weighted by atomic mass is 35.5. The van der Waals surface area contributed by atoms with Gasteiger partial charge in [-0.1, -0.05) is 0 Å². The zero-order valence-corrected chi connectivity index (χ0v) is 11.4. The van der Waals surface area contributed by atoms with Gasteiger partial charge in [0.25, 0.3) is 0 Å². The summed E-state index contributed by atoms with van der Waals surface area (Å²) < 4.78 is 24.6. The van der Waals surface area contributed by atoms with Gasteiger partial charge < -0.3 is 10.0 Å². The van der Waals surface area contributed by atoms with Crippen LogP contribution in [0.25, 0.3) is 0 Å². The number of carboxylic acid groups (broad SMARTS) is 1. The van der Waals surface area contributed by atoms with Gasteiger partial charge in [0.1, 0.15) is 0 Å². The van der Waals surface area contributed by atoms with E-state index in [1.165, 1.54) is 0 Å². The van der Waals surface area contributed by atoms with E-state index in [1.807, 2.05) is 0 Å². The van der Waals surface area contributed by atoms with Crippen molar-refractivity contribution in [3.63, 3.8) is 0 Å². The first-order valence-electron chi connectivity index (χ1n) is 5.28. The van der Waals surface area contributed by atoms with Crippen LogP contribution >= 0.6 is 12.4 Å². The molecule has 0 aromatic heterocycles. The number of sulfonamides is 1. The molecule has 0 amide bonds. The van der Waals surface area contributed by atoms with E-state index in [-0.39, 0.29) is 24.9 Å². The maximum Gasteiger partial charge on any atom is 0.304 e. The molecule has 17 heavy (non-hydrogen) atoms. The highest BCUT2D eigenvalue weighted by molar-refractivity contribution is 7.88. The van der Waals surface area contributed by atoms with E-state index in [9.17, 15) is 13.2 Å². The van der Waals surface area contributed by atoms with Crippen molar-refractivity contribution < 1.29 is 18.3 Å². The Morgan fingerprint density at radius 2 is 1.94 bits per heavy atom. The topological polar surface area (TPSA) is 86.7 Å². The van der Waals surface area contributed by atoms with Crippen molar-refractivity contribution in [2.45, 2.75) is 25.3 Å². The Labute approximate surface area is 108 Å². The first kappa shape index (κ1) is 16.6. The minimum Gasteiger partial charge on any atom is -0.481 e. The molecule has 1 aliphatic heterocycles. The lowest BCUT2D eigenvalue weighted by Gasteiger charge is -2.31. The predicted octanol–water partition coefficient (Wildman–Crippen LogP) is -0.103. The fraction of sp³-hybridized carbons (Fsp3) is 0.889. The maximum absolute atomic E-state index is 11.0. The second-order valence-electron chi connectivity index (χ2n) is 4.15. The molecule has 1 fully saturated rings. The SMILES string of the molecule is CS(=O)(=O)NC1CCN(CCC(=O)O)CC1.Cl. The van der Waals surface area contributed by atoms with Crippen LogP contribution in [0.4, 0.5) is 0 Å². The Bertz CT molecular complexity index is 339. The van der Waals surface area contributed by atoms with E-state index < -0.39 is 16.0 Å². The first-order valence-corrected chi connectivity index (χ1v) is 7.17. The van der Waals surface area contributed by atoms with Crippen LogP contribution in [0.2, 0.25) is 0 Å². The molecule has 6 nitrogen and oxygen atoms in total. The predicted molar refractivity (Wildman–Crippen MR) is 66.9 cm³/mol. The number of carbonyl (C=O) groups is 1. The number of aliphatic carboxylic acids is 1. The summed E-state index contributed by atoms with van der Waals surface area (Å²) in [6.07, 6.45) is 2.79. The van der Waals surface area contributed by atoms with E-state index in [4.69, 9.17) is 5.11 Å². The molecular formula is C9H19ClN2O4S. The Kier molecular flexibility index (Phi) is 6.99. The third-order valence-corrected chi connectivity index (χ3v) is 3.37. The van der Waals surface area contributed by atoms with Gasteiger partial charge in [-0.15, -0.1) is 12.4 Å². The van der Waals surface area contributed by atoms with Crippen molar-refractivity contribution in [2.75, 3.05) is 25.9 Å². The summed E-state index contributed by atoms with van der Waals surface area (Å²) in [5.74, 6) is -0.795. The van der Waals surface area contributed by atoms with E-state index >= 15 is 0 Å². The van der Waals surface area contributed by atoms with Crippen LogP contribution in [-0.2, 0) is 14.8 Å². The summed E-state index contributed by atoms with van der Waals surface area (Å²) in [6, 6.07) is -0.00363. The molecule has 0 bridgehead atoms. The summed E-state index contributed by atoms with van der Waals surface area (Å²) in [5, 5.41) is 8.53. The zero-order valence-electron chi connectivity index (χ0n) is 9.76. The molecule has 0 saturated carbocycles. The van der Waals surface area contributed by atoms with E-state index in [2.05, 4.69) is 9.62 Å². The molecule has 0 unspecified atom stereocenters. The number of nitrogens with zero attached hydrogens (tertiary/aromatic N) is 1. The van der Waals surface area contributed by atoms with Crippen molar-refractivity contribution in [3.05, 3.63) is 0 Å². The number of halogens is 1. The molecular weight excluding hydrogens is 268 g/mol. The van der Waals surface area contributed by atoms with Gasteiger partial charge in [0.2, 0.25) is 10.0 Å². The number of likely N-dealkylation sites (tertiary alicyclic amines) is 1. The van der Waals surface area contributed by atoms with Gasteiger partial charge in [-0.2, -0.15) is 0 Å². The lowest BCUT2D eigenvalue weighted by Crippen LogP contribution is -2.44. The van der Waals surface area contributed by atoms with Gasteiger partial charge in [-0.3, -0.25) is 4.79 Å². The summed E-state index contributed by atoms with van der Waals surface area (Å²) >= 11 is 0. The van der Waals surface area contributed by atoms with E-state index in [1.54, 1.807) is 0 Å². The minimum atomic E-state index is -3.13. The highest BCUT2D eigenvalue weighted by Gasteiger charge is 2.21. The van der Waals surface area contributed by atoms with Crippen LogP contribution in [0, 0.1) is 0 Å². The second kappa shape index (κ2) is 7.15. The largest absolute Gasteiger partial charge is 0.481 e. The van der Waals surface area contributed by atoms with Gasteiger partial charge in [-0.05, 0) is 25.9 Å². The summed E-state index contributed by atoms with van der Waals surface area (Å²) in [5.41, 5.74) is 0. The highest BCUT2D eigenvalue weighted by Crippen LogP contribution is 2.11. The molecule has 8 heteroatoms. The van der Waals surface area contributed by atoms with Crippen molar-refractivity contribution in [1.82, 2.24) is 9.62 Å². The number of carboxylic acids is 1. The molecule has 0 aromatic carbocycles. The first-order chi connectivity index (χ1) is 7.37. The van der Waals surface area contributed by atoms with Crippen molar-refractivity contribution in [3.8, 4) is 0 Å². The van der Waals surface area contributed by atoms with Crippen LogP contribution in [0.3, 0.4) is 0 Å². The average molecular weight is 287 g/mol. The number of nitrogens with one attached hydrogen (secondary N) is 1. The van der Waals surface area contributed by atoms with E-state index in [0.29, 0.717) is 6.54 Å². The van der Waals surface area contributed by atoms with Gasteiger partial charge in [0.15, 0.2) is 0 Å². The fourth-order valence-corrected chi connectivity index (χ4v) is 2.67. The van der Waals surface area contributed by atoms with Crippen molar-refractivity contribution >= 4 is 28.4 Å². The van der Waals surface area contributed by atoms with Crippen molar-refractivity contribution in [1.29, 1.82) is 0 Å². The van der Waals surface area contributed by atoms with Crippen LogP contribution in [0.1, 0.15) is 19.3 Å². The van der Waals surface area contributed by atoms with E-state index in [0.717, 1.165) is 32.2 Å². The Morgan fingerprint density at radius 3 is 2.35 bits per heavy atom. The third-order valence-electron chi connectivity index (χ3n) is 2.61. The molecule has 1 heterocycles. The van der Waals surface area contributed by atoms with Crippen LogP contribution in [-0.4, -0.2) is 56.3 Å². The third kappa shape index (κ3) is 7.54. The lowest BCUT2D eigenvalue weighted by molar-refractivity contribution is -0.137. The lowest BCUT2D eigenvalue weighted by atomic mass is 10.1. The average Bonchev–Trinajstić information content (AvgIpc) is 2.14. The van der Waals surface area contributed by atoms with Gasteiger partial charge >= 0.3 is 5.97 Å². The van der Waals surface area contributed by atoms with Gasteiger partial charge in [0.05, 0.1) is 12.7 Å². The Balaban J connectivity index is 0.00000256.